The molecule has 0 rings (SSSR count). The molecule has 58 heavy (non-hydrogen) atoms. The third-order valence-electron chi connectivity index (χ3n) is 8.70. The maximum absolute atomic E-state index is 12.6. The maximum atomic E-state index is 12.6. The molecule has 0 aromatic heterocycles. The van der Waals surface area contributed by atoms with E-state index < -0.39 is 76.7 Å². The average molecular weight is 843 g/mol. The van der Waals surface area contributed by atoms with Crippen LogP contribution in [0.1, 0.15) is 136 Å². The highest BCUT2D eigenvalue weighted by molar-refractivity contribution is 7.47. The number of esters is 2. The van der Waals surface area contributed by atoms with E-state index in [1.807, 2.05) is 0 Å². The van der Waals surface area contributed by atoms with Crippen molar-refractivity contribution in [1.82, 2.24) is 0 Å². The van der Waals surface area contributed by atoms with Crippen molar-refractivity contribution < 1.29 is 63.1 Å². The number of ether oxygens (including phenoxy) is 2. The van der Waals surface area contributed by atoms with E-state index in [1.165, 1.54) is 25.3 Å². The first-order valence-electron chi connectivity index (χ1n) is 21.2. The van der Waals surface area contributed by atoms with Crippen molar-refractivity contribution in [1.29, 1.82) is 0 Å². The van der Waals surface area contributed by atoms with Gasteiger partial charge in [0.25, 0.3) is 0 Å². The molecule has 0 bridgehead atoms. The first kappa shape index (κ1) is 55.3. The van der Waals surface area contributed by atoms with Crippen LogP contribution in [0.4, 0.5) is 0 Å². The summed E-state index contributed by atoms with van der Waals surface area (Å²) in [5.74, 6) is -1.28. The lowest BCUT2D eigenvalue weighted by atomic mass is 10.1. The van der Waals surface area contributed by atoms with Gasteiger partial charge in [-0.25, -0.2) is 4.57 Å². The monoisotopic (exact) mass is 842 g/mol. The highest BCUT2D eigenvalue weighted by atomic mass is 31.2. The van der Waals surface area contributed by atoms with Crippen LogP contribution < -0.4 is 0 Å². The number of carbonyl (C=O) groups excluding carboxylic acids is 2. The number of carbonyl (C=O) groups is 2. The molecule has 0 fully saturated rings. The fraction of sp³-hybridized carbons (Fsp3) is 0.682. The standard InChI is InChI=1S/C44H75O13P/c1-3-5-7-8-9-10-11-12-13-14-15-16-17-22-26-32-43(50)54-36-40(37-56-58(52,53)55-35-39(47)34-45)57-44(51)33-27-31-42(49)41(48)30-25-21-19-18-20-24-29-38(46)28-23-6-4-2/h9-10,12-13,18-21,24-25,29-30,38-42,45-49H,3-8,11,14-17,22-23,26-28,31-37H2,1-2H3,(H,52,53)/b10-9-,13-12-,20-18-,21-19+,29-24+,30-25+/t38-,39-,40+,41-,42-/m0/s1. The van der Waals surface area contributed by atoms with Gasteiger partial charge in [0, 0.05) is 12.8 Å². The molecule has 13 nitrogen and oxygen atoms in total. The number of allylic oxidation sites excluding steroid dienone is 10. The molecule has 14 heteroatoms. The topological polar surface area (TPSA) is 210 Å². The van der Waals surface area contributed by atoms with E-state index in [-0.39, 0.29) is 25.7 Å². The zero-order valence-electron chi connectivity index (χ0n) is 35.1. The number of hydrogen-bond donors (Lipinski definition) is 6. The van der Waals surface area contributed by atoms with Gasteiger partial charge in [0.05, 0.1) is 38.1 Å². The van der Waals surface area contributed by atoms with Crippen LogP contribution in [0, 0.1) is 0 Å². The van der Waals surface area contributed by atoms with Crippen LogP contribution in [0.15, 0.2) is 72.9 Å². The molecule has 334 valence electrons. The highest BCUT2D eigenvalue weighted by Crippen LogP contribution is 2.43. The number of phosphoric acid groups is 1. The van der Waals surface area contributed by atoms with E-state index in [1.54, 1.807) is 42.5 Å². The summed E-state index contributed by atoms with van der Waals surface area (Å²) in [7, 11) is -4.72. The Labute approximate surface area is 347 Å². The Morgan fingerprint density at radius 1 is 0.621 bits per heavy atom. The number of aliphatic hydroxyl groups is 5. The normalized spacial score (nSPS) is 16.2. The second-order valence-corrected chi connectivity index (χ2v) is 15.7. The summed E-state index contributed by atoms with van der Waals surface area (Å²) in [4.78, 5) is 35.0. The van der Waals surface area contributed by atoms with Gasteiger partial charge in [0.2, 0.25) is 0 Å². The van der Waals surface area contributed by atoms with E-state index in [0.717, 1.165) is 70.6 Å². The van der Waals surface area contributed by atoms with Crippen LogP contribution in [0.3, 0.4) is 0 Å². The number of phosphoric ester groups is 1. The minimum atomic E-state index is -4.72. The van der Waals surface area contributed by atoms with Gasteiger partial charge in [-0.05, 0) is 57.8 Å². The molecule has 0 amide bonds. The summed E-state index contributed by atoms with van der Waals surface area (Å²) in [5.41, 5.74) is 0. The van der Waals surface area contributed by atoms with Gasteiger partial charge in [-0.1, -0.05) is 138 Å². The quantitative estimate of drug-likeness (QED) is 0.0115. The molecule has 0 aliphatic heterocycles. The summed E-state index contributed by atoms with van der Waals surface area (Å²) in [5, 5.41) is 48.8. The summed E-state index contributed by atoms with van der Waals surface area (Å²) in [6, 6.07) is 0. The van der Waals surface area contributed by atoms with Crippen LogP contribution in [0.2, 0.25) is 0 Å². The second kappa shape index (κ2) is 38.5. The fourth-order valence-electron chi connectivity index (χ4n) is 5.23. The third kappa shape index (κ3) is 36.4. The number of rotatable bonds is 38. The van der Waals surface area contributed by atoms with Gasteiger partial charge in [-0.2, -0.15) is 0 Å². The first-order valence-corrected chi connectivity index (χ1v) is 22.7. The van der Waals surface area contributed by atoms with Crippen molar-refractivity contribution in [2.24, 2.45) is 0 Å². The fourth-order valence-corrected chi connectivity index (χ4v) is 6.02. The Morgan fingerprint density at radius 2 is 1.19 bits per heavy atom. The molecule has 6 N–H and O–H groups in total. The Kier molecular flexibility index (Phi) is 36.7. The summed E-state index contributed by atoms with van der Waals surface area (Å²) >= 11 is 0. The van der Waals surface area contributed by atoms with Crippen molar-refractivity contribution in [2.45, 2.75) is 166 Å². The third-order valence-corrected chi connectivity index (χ3v) is 9.65. The Morgan fingerprint density at radius 3 is 1.86 bits per heavy atom. The zero-order chi connectivity index (χ0) is 43.1. The van der Waals surface area contributed by atoms with E-state index in [9.17, 15) is 39.5 Å². The van der Waals surface area contributed by atoms with Gasteiger partial charge in [-0.15, -0.1) is 0 Å². The van der Waals surface area contributed by atoms with Gasteiger partial charge >= 0.3 is 19.8 Å². The van der Waals surface area contributed by atoms with Crippen LogP contribution in [-0.4, -0.2) is 99.3 Å². The average Bonchev–Trinajstić information content (AvgIpc) is 3.20. The van der Waals surface area contributed by atoms with Crippen molar-refractivity contribution in [3.63, 3.8) is 0 Å². The van der Waals surface area contributed by atoms with Crippen LogP contribution in [-0.2, 0) is 32.7 Å². The van der Waals surface area contributed by atoms with Crippen molar-refractivity contribution in [3.05, 3.63) is 72.9 Å². The molecule has 0 spiro atoms. The lowest BCUT2D eigenvalue weighted by molar-refractivity contribution is -0.161. The SMILES string of the molecule is CCCCC/C=C\C/C=C\CCCCCCCC(=O)OC[C@H](COP(=O)(O)OC[C@@H](O)CO)OC(=O)CCC[C@H](O)[C@@H](O)/C=C/C=C/C=C\C=C\[C@@H](O)CCCCC. The highest BCUT2D eigenvalue weighted by Gasteiger charge is 2.27. The number of aliphatic hydroxyl groups excluding tert-OH is 5. The van der Waals surface area contributed by atoms with E-state index in [4.69, 9.17) is 19.1 Å². The second-order valence-electron chi connectivity index (χ2n) is 14.2. The number of unbranched alkanes of at least 4 members (excludes halogenated alkanes) is 10. The molecule has 0 radical (unpaired) electrons. The predicted molar refractivity (Wildman–Crippen MR) is 228 cm³/mol. The molecule has 1 unspecified atom stereocenters. The largest absolute Gasteiger partial charge is 0.472 e. The molecule has 0 aliphatic rings. The predicted octanol–water partition coefficient (Wildman–Crippen LogP) is 7.80. The summed E-state index contributed by atoms with van der Waals surface area (Å²) in [6.45, 7) is 1.81. The minimum Gasteiger partial charge on any atom is -0.462 e. The zero-order valence-corrected chi connectivity index (χ0v) is 36.0. The summed E-state index contributed by atoms with van der Waals surface area (Å²) < 4.78 is 32.4. The molecular weight excluding hydrogens is 767 g/mol. The molecule has 0 aromatic carbocycles. The molecule has 0 heterocycles. The molecule has 0 saturated carbocycles. The molecular formula is C44H75O13P. The van der Waals surface area contributed by atoms with Gasteiger partial charge in [0.1, 0.15) is 12.7 Å². The van der Waals surface area contributed by atoms with Crippen molar-refractivity contribution >= 4 is 19.8 Å². The Balaban J connectivity index is 4.70. The molecule has 0 aliphatic carbocycles. The van der Waals surface area contributed by atoms with Gasteiger partial charge in [0.15, 0.2) is 6.10 Å². The lowest BCUT2D eigenvalue weighted by Crippen LogP contribution is -2.30. The summed E-state index contributed by atoms with van der Waals surface area (Å²) in [6.07, 6.45) is 32.3. The molecule has 0 aromatic rings. The van der Waals surface area contributed by atoms with Gasteiger partial charge < -0.3 is 39.9 Å². The Hall–Kier alpha value is -2.71. The lowest BCUT2D eigenvalue weighted by Gasteiger charge is -2.20. The minimum absolute atomic E-state index is 0.0617. The molecule has 6 atom stereocenters. The van der Waals surface area contributed by atoms with E-state index in [2.05, 4.69) is 42.7 Å². The molecule has 0 saturated heterocycles. The maximum Gasteiger partial charge on any atom is 0.472 e. The van der Waals surface area contributed by atoms with Crippen LogP contribution >= 0.6 is 7.82 Å². The number of hydrogen-bond acceptors (Lipinski definition) is 12. The van der Waals surface area contributed by atoms with Crippen molar-refractivity contribution in [2.75, 3.05) is 26.4 Å². The van der Waals surface area contributed by atoms with Crippen LogP contribution in [0.5, 0.6) is 0 Å². The first-order chi connectivity index (χ1) is 27.9. The van der Waals surface area contributed by atoms with E-state index in [0.29, 0.717) is 6.42 Å². The Bertz CT molecular complexity index is 1250. The van der Waals surface area contributed by atoms with Gasteiger partial charge in [-0.3, -0.25) is 18.6 Å². The smallest absolute Gasteiger partial charge is 0.462 e. The van der Waals surface area contributed by atoms with Crippen LogP contribution in [0.25, 0.3) is 0 Å². The van der Waals surface area contributed by atoms with Crippen molar-refractivity contribution in [3.8, 4) is 0 Å². The van der Waals surface area contributed by atoms with E-state index >= 15 is 0 Å².